The minimum atomic E-state index is -0.0178. The van der Waals surface area contributed by atoms with Crippen molar-refractivity contribution in [3.63, 3.8) is 0 Å². The van der Waals surface area contributed by atoms with Crippen molar-refractivity contribution in [2.45, 2.75) is 41.2 Å². The normalized spacial score (nSPS) is 11.9. The predicted octanol–water partition coefficient (Wildman–Crippen LogP) is 3.63. The molecule has 0 aliphatic rings. The monoisotopic (exact) mass is 311 g/mol. The molecule has 5 heteroatoms. The summed E-state index contributed by atoms with van der Waals surface area (Å²) in [5, 5.41) is 5.02. The van der Waals surface area contributed by atoms with E-state index in [4.69, 9.17) is 11.6 Å². The molecule has 1 heterocycles. The van der Waals surface area contributed by atoms with Crippen LogP contribution >= 0.6 is 11.6 Å². The fourth-order valence-electron chi connectivity index (χ4n) is 2.14. The third kappa shape index (κ3) is 5.20. The lowest BCUT2D eigenvalue weighted by atomic mass is 10.2. The van der Waals surface area contributed by atoms with E-state index >= 15 is 0 Å². The minimum absolute atomic E-state index is 0.0178. The molecule has 0 bridgehead atoms. The van der Waals surface area contributed by atoms with Crippen LogP contribution in [0.25, 0.3) is 6.08 Å². The molecule has 1 aromatic heterocycles. The number of halogens is 1. The van der Waals surface area contributed by atoms with Crippen molar-refractivity contribution in [1.29, 1.82) is 0 Å². The van der Waals surface area contributed by atoms with E-state index in [0.717, 1.165) is 24.3 Å². The van der Waals surface area contributed by atoms with E-state index in [0.29, 0.717) is 17.0 Å². The van der Waals surface area contributed by atoms with Crippen LogP contribution in [0, 0.1) is 18.8 Å². The second-order valence-corrected chi connectivity index (χ2v) is 6.67. The number of likely N-dealkylation sites (N-methyl/N-ethyl adjacent to an activating group) is 1. The van der Waals surface area contributed by atoms with Crippen LogP contribution in [0.15, 0.2) is 6.08 Å². The summed E-state index contributed by atoms with van der Waals surface area (Å²) in [6.45, 7) is 11.8. The maximum Gasteiger partial charge on any atom is 0.246 e. The summed E-state index contributed by atoms with van der Waals surface area (Å²) < 4.78 is 1.80. The Balaban J connectivity index is 2.85. The number of carbonyl (C=O) groups excluding carboxylic acids is 1. The van der Waals surface area contributed by atoms with Gasteiger partial charge in [-0.3, -0.25) is 9.48 Å². The number of rotatable bonds is 6. The van der Waals surface area contributed by atoms with E-state index in [-0.39, 0.29) is 5.91 Å². The van der Waals surface area contributed by atoms with Crippen molar-refractivity contribution >= 4 is 23.6 Å². The highest BCUT2D eigenvalue weighted by molar-refractivity contribution is 6.31. The Morgan fingerprint density at radius 3 is 2.48 bits per heavy atom. The zero-order valence-electron chi connectivity index (χ0n) is 13.9. The lowest BCUT2D eigenvalue weighted by molar-refractivity contribution is -0.125. The molecule has 0 fully saturated rings. The topological polar surface area (TPSA) is 38.1 Å². The smallest absolute Gasteiger partial charge is 0.246 e. The number of aromatic nitrogens is 2. The number of nitrogens with zero attached hydrogens (tertiary/aromatic N) is 3. The molecule has 118 valence electrons. The summed E-state index contributed by atoms with van der Waals surface area (Å²) in [6, 6.07) is 0. The lowest BCUT2D eigenvalue weighted by Gasteiger charge is -2.17. The van der Waals surface area contributed by atoms with Gasteiger partial charge in [0.25, 0.3) is 0 Å². The van der Waals surface area contributed by atoms with Crippen LogP contribution < -0.4 is 0 Å². The van der Waals surface area contributed by atoms with Gasteiger partial charge in [-0.25, -0.2) is 0 Å². The summed E-state index contributed by atoms with van der Waals surface area (Å²) in [7, 11) is 1.81. The van der Waals surface area contributed by atoms with Gasteiger partial charge in [-0.15, -0.1) is 0 Å². The fourth-order valence-corrected chi connectivity index (χ4v) is 2.45. The Morgan fingerprint density at radius 2 is 1.95 bits per heavy atom. The summed E-state index contributed by atoms with van der Waals surface area (Å²) in [5.41, 5.74) is 1.67. The first-order chi connectivity index (χ1) is 9.72. The molecule has 0 aromatic carbocycles. The largest absolute Gasteiger partial charge is 0.342 e. The van der Waals surface area contributed by atoms with Gasteiger partial charge in [0.1, 0.15) is 5.15 Å². The highest BCUT2D eigenvalue weighted by Crippen LogP contribution is 2.22. The first-order valence-corrected chi connectivity index (χ1v) is 7.76. The Kier molecular flexibility index (Phi) is 6.46. The zero-order valence-corrected chi connectivity index (χ0v) is 14.6. The molecule has 0 saturated carbocycles. The first kappa shape index (κ1) is 17.8. The molecule has 0 saturated heterocycles. The lowest BCUT2D eigenvalue weighted by Crippen LogP contribution is -2.28. The second kappa shape index (κ2) is 7.64. The maximum absolute atomic E-state index is 12.0. The van der Waals surface area contributed by atoms with Gasteiger partial charge in [0, 0.05) is 31.8 Å². The molecule has 0 aliphatic carbocycles. The van der Waals surface area contributed by atoms with Gasteiger partial charge in [0.15, 0.2) is 0 Å². The number of hydrogen-bond acceptors (Lipinski definition) is 2. The van der Waals surface area contributed by atoms with Crippen molar-refractivity contribution in [1.82, 2.24) is 14.7 Å². The number of hydrogen-bond donors (Lipinski definition) is 0. The molecule has 0 unspecified atom stereocenters. The Labute approximate surface area is 132 Å². The quantitative estimate of drug-likeness (QED) is 0.752. The standard InChI is InChI=1S/C16H26ClN3O/c1-11(2)9-19(6)15(21)8-7-14-13(5)18-20(16(14)17)10-12(3)4/h7-8,11-12H,9-10H2,1-6H3/b8-7+. The molecule has 1 rings (SSSR count). The third-order valence-electron chi connectivity index (χ3n) is 3.06. The molecular formula is C16H26ClN3O. The molecule has 1 aromatic rings. The Hall–Kier alpha value is -1.29. The van der Waals surface area contributed by atoms with Gasteiger partial charge in [-0.05, 0) is 24.8 Å². The molecule has 1 amide bonds. The molecule has 0 N–H and O–H groups in total. The average Bonchev–Trinajstić information content (AvgIpc) is 2.60. The van der Waals surface area contributed by atoms with E-state index in [1.807, 2.05) is 14.0 Å². The number of carbonyl (C=O) groups is 1. The van der Waals surface area contributed by atoms with Crippen LogP contribution in [0.2, 0.25) is 5.15 Å². The van der Waals surface area contributed by atoms with Gasteiger partial charge in [0.2, 0.25) is 5.91 Å². The number of aryl methyl sites for hydroxylation is 1. The van der Waals surface area contributed by atoms with Gasteiger partial charge in [-0.1, -0.05) is 39.3 Å². The molecule has 0 aliphatic heterocycles. The molecule has 0 radical (unpaired) electrons. The first-order valence-electron chi connectivity index (χ1n) is 7.38. The molecule has 0 atom stereocenters. The third-order valence-corrected chi connectivity index (χ3v) is 3.45. The van der Waals surface area contributed by atoms with Gasteiger partial charge in [-0.2, -0.15) is 5.10 Å². The van der Waals surface area contributed by atoms with Crippen LogP contribution in [-0.4, -0.2) is 34.2 Å². The summed E-state index contributed by atoms with van der Waals surface area (Å²) >= 11 is 6.35. The van der Waals surface area contributed by atoms with Crippen molar-refractivity contribution in [3.8, 4) is 0 Å². The van der Waals surface area contributed by atoms with Crippen LogP contribution in [0.1, 0.15) is 39.0 Å². The van der Waals surface area contributed by atoms with E-state index < -0.39 is 0 Å². The average molecular weight is 312 g/mol. The summed E-state index contributed by atoms with van der Waals surface area (Å²) in [6.07, 6.45) is 3.33. The SMILES string of the molecule is Cc1nn(CC(C)C)c(Cl)c1/C=C/C(=O)N(C)CC(C)C. The van der Waals surface area contributed by atoms with Crippen molar-refractivity contribution in [2.75, 3.05) is 13.6 Å². The second-order valence-electron chi connectivity index (χ2n) is 6.31. The molecule has 0 spiro atoms. The van der Waals surface area contributed by atoms with Crippen LogP contribution in [0.3, 0.4) is 0 Å². The van der Waals surface area contributed by atoms with Crippen molar-refractivity contribution in [2.24, 2.45) is 11.8 Å². The number of amides is 1. The Bertz CT molecular complexity index is 518. The molecule has 4 nitrogen and oxygen atoms in total. The fraction of sp³-hybridized carbons (Fsp3) is 0.625. The molecule has 21 heavy (non-hydrogen) atoms. The van der Waals surface area contributed by atoms with Gasteiger partial charge < -0.3 is 4.90 Å². The minimum Gasteiger partial charge on any atom is -0.342 e. The van der Waals surface area contributed by atoms with Crippen molar-refractivity contribution < 1.29 is 4.79 Å². The highest BCUT2D eigenvalue weighted by Gasteiger charge is 2.13. The van der Waals surface area contributed by atoms with Gasteiger partial charge in [0.05, 0.1) is 5.69 Å². The van der Waals surface area contributed by atoms with E-state index in [1.165, 1.54) is 0 Å². The molecular weight excluding hydrogens is 286 g/mol. The van der Waals surface area contributed by atoms with Gasteiger partial charge >= 0.3 is 0 Å². The Morgan fingerprint density at radius 1 is 1.33 bits per heavy atom. The van der Waals surface area contributed by atoms with Crippen LogP contribution in [-0.2, 0) is 11.3 Å². The van der Waals surface area contributed by atoms with E-state index in [9.17, 15) is 4.79 Å². The van der Waals surface area contributed by atoms with Crippen LogP contribution in [0.4, 0.5) is 0 Å². The van der Waals surface area contributed by atoms with Crippen molar-refractivity contribution in [3.05, 3.63) is 22.5 Å². The predicted molar refractivity (Wildman–Crippen MR) is 88.3 cm³/mol. The maximum atomic E-state index is 12.0. The highest BCUT2D eigenvalue weighted by atomic mass is 35.5. The summed E-state index contributed by atoms with van der Waals surface area (Å²) in [4.78, 5) is 13.7. The van der Waals surface area contributed by atoms with E-state index in [1.54, 1.807) is 21.7 Å². The van der Waals surface area contributed by atoms with E-state index in [2.05, 4.69) is 32.8 Å². The summed E-state index contributed by atoms with van der Waals surface area (Å²) in [5.74, 6) is 0.902. The zero-order chi connectivity index (χ0) is 16.2. The van der Waals surface area contributed by atoms with Crippen LogP contribution in [0.5, 0.6) is 0 Å².